The Bertz CT molecular complexity index is 589. The number of hydrogen-bond acceptors (Lipinski definition) is 7. The molecular weight excluding hydrogens is 320 g/mol. The lowest BCUT2D eigenvalue weighted by atomic mass is 10.0. The Labute approximate surface area is 148 Å². The fourth-order valence-corrected chi connectivity index (χ4v) is 3.16. The van der Waals surface area contributed by atoms with Gasteiger partial charge in [-0.2, -0.15) is 0 Å². The Balaban J connectivity index is 1.54. The van der Waals surface area contributed by atoms with Gasteiger partial charge in [-0.05, 0) is 25.3 Å². The minimum atomic E-state index is -0.239. The van der Waals surface area contributed by atoms with Gasteiger partial charge in [-0.3, -0.25) is 9.69 Å². The first-order valence-corrected chi connectivity index (χ1v) is 9.10. The normalized spacial score (nSPS) is 20.8. The van der Waals surface area contributed by atoms with Gasteiger partial charge in [0.15, 0.2) is 11.6 Å². The number of amides is 1. The van der Waals surface area contributed by atoms with Crippen LogP contribution in [0.4, 0.5) is 17.3 Å². The van der Waals surface area contributed by atoms with E-state index in [1.807, 2.05) is 0 Å². The third-order valence-electron chi connectivity index (χ3n) is 4.48. The third-order valence-corrected chi connectivity index (χ3v) is 4.48. The highest BCUT2D eigenvalue weighted by Crippen LogP contribution is 2.31. The number of anilines is 3. The number of nitrogens with zero attached hydrogens (tertiary/aromatic N) is 3. The van der Waals surface area contributed by atoms with Crippen molar-refractivity contribution in [2.24, 2.45) is 5.92 Å². The lowest BCUT2D eigenvalue weighted by molar-refractivity contribution is -0.117. The van der Waals surface area contributed by atoms with Crippen molar-refractivity contribution < 1.29 is 9.53 Å². The van der Waals surface area contributed by atoms with Crippen LogP contribution in [0.2, 0.25) is 0 Å². The predicted molar refractivity (Wildman–Crippen MR) is 97.9 cm³/mol. The molecule has 1 atom stereocenters. The largest absolute Gasteiger partial charge is 0.379 e. The average Bonchev–Trinajstić information content (AvgIpc) is 2.60. The van der Waals surface area contributed by atoms with Crippen molar-refractivity contribution in [1.29, 1.82) is 0 Å². The fraction of sp³-hybridized carbons (Fsp3) is 0.706. The summed E-state index contributed by atoms with van der Waals surface area (Å²) in [6.07, 6.45) is 3.31. The van der Waals surface area contributed by atoms with E-state index in [1.165, 1.54) is 6.33 Å². The lowest BCUT2D eigenvalue weighted by Gasteiger charge is -2.28. The first-order valence-electron chi connectivity index (χ1n) is 9.10. The Kier molecular flexibility index (Phi) is 6.04. The maximum atomic E-state index is 12.3. The molecule has 0 aromatic carbocycles. The van der Waals surface area contributed by atoms with Crippen molar-refractivity contribution in [3.8, 4) is 0 Å². The molecule has 0 saturated carbocycles. The number of morpholine rings is 1. The molecule has 1 saturated heterocycles. The van der Waals surface area contributed by atoms with E-state index in [0.29, 0.717) is 23.2 Å². The van der Waals surface area contributed by atoms with Crippen LogP contribution in [0.25, 0.3) is 0 Å². The molecule has 3 N–H and O–H groups in total. The highest BCUT2D eigenvalue weighted by atomic mass is 16.5. The standard InChI is InChI=1S/C17H28N6O2/c1-12(2)10-13-17(24)22-14-15(19-11-20-16(14)21-13)18-4-3-5-23-6-8-25-9-7-23/h11-13H,3-10H2,1-2H3,(H,22,24)(H2,18,19,20,21). The minimum absolute atomic E-state index is 0.0210. The monoisotopic (exact) mass is 348 g/mol. The van der Waals surface area contributed by atoms with Crippen molar-refractivity contribution in [2.45, 2.75) is 32.7 Å². The van der Waals surface area contributed by atoms with Gasteiger partial charge < -0.3 is 20.7 Å². The summed E-state index contributed by atoms with van der Waals surface area (Å²) in [6, 6.07) is -0.239. The van der Waals surface area contributed by atoms with Crippen molar-refractivity contribution >= 4 is 23.2 Å². The van der Waals surface area contributed by atoms with Gasteiger partial charge in [0.2, 0.25) is 5.91 Å². The zero-order valence-corrected chi connectivity index (χ0v) is 15.0. The quantitative estimate of drug-likeness (QED) is 0.641. The van der Waals surface area contributed by atoms with Gasteiger partial charge in [0, 0.05) is 19.6 Å². The van der Waals surface area contributed by atoms with Crippen LogP contribution < -0.4 is 16.0 Å². The van der Waals surface area contributed by atoms with E-state index in [-0.39, 0.29) is 11.9 Å². The molecule has 8 nitrogen and oxygen atoms in total. The third kappa shape index (κ3) is 4.79. The molecule has 138 valence electrons. The zero-order chi connectivity index (χ0) is 17.6. The molecule has 25 heavy (non-hydrogen) atoms. The molecule has 0 radical (unpaired) electrons. The van der Waals surface area contributed by atoms with Crippen molar-refractivity contribution in [1.82, 2.24) is 14.9 Å². The molecule has 8 heteroatoms. The molecule has 3 heterocycles. The molecule has 0 spiro atoms. The maximum absolute atomic E-state index is 12.3. The Morgan fingerprint density at radius 3 is 2.92 bits per heavy atom. The lowest BCUT2D eigenvalue weighted by Crippen LogP contribution is -2.40. The summed E-state index contributed by atoms with van der Waals surface area (Å²) in [5.41, 5.74) is 0.652. The molecule has 1 fully saturated rings. The highest BCUT2D eigenvalue weighted by Gasteiger charge is 2.28. The summed E-state index contributed by atoms with van der Waals surface area (Å²) < 4.78 is 5.36. The summed E-state index contributed by atoms with van der Waals surface area (Å²) in [4.78, 5) is 23.3. The maximum Gasteiger partial charge on any atom is 0.247 e. The van der Waals surface area contributed by atoms with E-state index >= 15 is 0 Å². The van der Waals surface area contributed by atoms with Crippen molar-refractivity contribution in [2.75, 3.05) is 55.3 Å². The van der Waals surface area contributed by atoms with E-state index in [9.17, 15) is 4.79 Å². The van der Waals surface area contributed by atoms with Crippen LogP contribution in [0.3, 0.4) is 0 Å². The van der Waals surface area contributed by atoms with Gasteiger partial charge in [-0.25, -0.2) is 9.97 Å². The number of carbonyl (C=O) groups excluding carboxylic acids is 1. The topological polar surface area (TPSA) is 91.4 Å². The number of fused-ring (bicyclic) bond motifs is 1. The predicted octanol–water partition coefficient (Wildman–Crippen LogP) is 1.39. The SMILES string of the molecule is CC(C)CC1Nc2ncnc(NCCCN3CCOCC3)c2NC1=O. The van der Waals surface area contributed by atoms with Crippen LogP contribution in [0.1, 0.15) is 26.7 Å². The second-order valence-electron chi connectivity index (χ2n) is 7.00. The first kappa shape index (κ1) is 17.9. The summed E-state index contributed by atoms with van der Waals surface area (Å²) in [5.74, 6) is 1.78. The minimum Gasteiger partial charge on any atom is -0.379 e. The van der Waals surface area contributed by atoms with Crippen molar-refractivity contribution in [3.05, 3.63) is 6.33 Å². The van der Waals surface area contributed by atoms with Gasteiger partial charge >= 0.3 is 0 Å². The molecule has 0 aliphatic carbocycles. The number of carbonyl (C=O) groups is 1. The summed E-state index contributed by atoms with van der Waals surface area (Å²) >= 11 is 0. The number of ether oxygens (including phenoxy) is 1. The second kappa shape index (κ2) is 8.44. The smallest absolute Gasteiger partial charge is 0.247 e. The molecule has 1 aromatic rings. The van der Waals surface area contributed by atoms with Crippen LogP contribution in [0, 0.1) is 5.92 Å². The van der Waals surface area contributed by atoms with Gasteiger partial charge in [-0.1, -0.05) is 13.8 Å². The molecule has 1 aromatic heterocycles. The Hall–Kier alpha value is -1.93. The van der Waals surface area contributed by atoms with E-state index < -0.39 is 0 Å². The van der Waals surface area contributed by atoms with Gasteiger partial charge in [0.25, 0.3) is 0 Å². The van der Waals surface area contributed by atoms with Gasteiger partial charge in [0.05, 0.1) is 13.2 Å². The molecule has 2 aliphatic heterocycles. The summed E-state index contributed by atoms with van der Waals surface area (Å²) in [6.45, 7) is 9.68. The van der Waals surface area contributed by atoms with E-state index in [1.54, 1.807) is 0 Å². The molecule has 1 unspecified atom stereocenters. The van der Waals surface area contributed by atoms with E-state index in [4.69, 9.17) is 4.74 Å². The van der Waals surface area contributed by atoms with Gasteiger partial charge in [0.1, 0.15) is 18.1 Å². The molecule has 3 rings (SSSR count). The Morgan fingerprint density at radius 2 is 2.16 bits per heavy atom. The highest BCUT2D eigenvalue weighted by molar-refractivity contribution is 6.04. The van der Waals surface area contributed by atoms with Crippen LogP contribution in [-0.4, -0.2) is 66.2 Å². The van der Waals surface area contributed by atoms with E-state index in [2.05, 4.69) is 44.7 Å². The van der Waals surface area contributed by atoms with Crippen LogP contribution in [0.15, 0.2) is 6.33 Å². The van der Waals surface area contributed by atoms with Crippen LogP contribution >= 0.6 is 0 Å². The first-order chi connectivity index (χ1) is 12.1. The number of rotatable bonds is 7. The molecule has 0 bridgehead atoms. The van der Waals surface area contributed by atoms with Crippen LogP contribution in [-0.2, 0) is 9.53 Å². The number of nitrogens with one attached hydrogen (secondary N) is 3. The van der Waals surface area contributed by atoms with Crippen molar-refractivity contribution in [3.63, 3.8) is 0 Å². The molecular formula is C17H28N6O2. The summed E-state index contributed by atoms with van der Waals surface area (Å²) in [7, 11) is 0. The van der Waals surface area contributed by atoms with Gasteiger partial charge in [-0.15, -0.1) is 0 Å². The van der Waals surface area contributed by atoms with E-state index in [0.717, 1.165) is 52.2 Å². The number of aromatic nitrogens is 2. The molecule has 2 aliphatic rings. The van der Waals surface area contributed by atoms with Crippen LogP contribution in [0.5, 0.6) is 0 Å². The fourth-order valence-electron chi connectivity index (χ4n) is 3.16. The number of hydrogen-bond donors (Lipinski definition) is 3. The molecule has 1 amide bonds. The zero-order valence-electron chi connectivity index (χ0n) is 15.0. The average molecular weight is 348 g/mol. The second-order valence-corrected chi connectivity index (χ2v) is 7.00. The summed E-state index contributed by atoms with van der Waals surface area (Å²) in [5, 5.41) is 9.52. The Morgan fingerprint density at radius 1 is 1.36 bits per heavy atom.